The van der Waals surface area contributed by atoms with Crippen LogP contribution >= 0.6 is 12.6 Å². The Bertz CT molecular complexity index is 308. The number of benzene rings is 1. The van der Waals surface area contributed by atoms with Gasteiger partial charge in [0.25, 0.3) is 0 Å². The number of hydrogen-bond donors (Lipinski definition) is 2. The Morgan fingerprint density at radius 3 is 2.85 bits per heavy atom. The van der Waals surface area contributed by atoms with E-state index in [4.69, 9.17) is 4.74 Å². The van der Waals surface area contributed by atoms with Crippen LogP contribution in [0.4, 0.5) is 0 Å². The van der Waals surface area contributed by atoms with E-state index >= 15 is 0 Å². The van der Waals surface area contributed by atoms with Crippen molar-refractivity contribution in [1.82, 2.24) is 0 Å². The number of hydrogen-bond acceptors (Lipinski definition) is 3. The first kappa shape index (κ1) is 9.99. The highest BCUT2D eigenvalue weighted by molar-refractivity contribution is 7.80. The molecule has 0 aromatic heterocycles. The molecule has 0 unspecified atom stereocenters. The van der Waals surface area contributed by atoms with E-state index in [1.54, 1.807) is 25.3 Å². The molecule has 0 heterocycles. The second-order valence-electron chi connectivity index (χ2n) is 2.51. The first-order chi connectivity index (χ1) is 6.27. The molecule has 0 bridgehead atoms. The molecule has 0 amide bonds. The minimum atomic E-state index is 0.220. The fourth-order valence-electron chi connectivity index (χ4n) is 0.971. The molecule has 0 atom stereocenters. The van der Waals surface area contributed by atoms with Crippen LogP contribution in [0.2, 0.25) is 0 Å². The lowest BCUT2D eigenvalue weighted by Gasteiger charge is -2.02. The number of ether oxygens (including phenoxy) is 1. The van der Waals surface area contributed by atoms with E-state index in [1.807, 2.05) is 12.2 Å². The zero-order chi connectivity index (χ0) is 9.68. The van der Waals surface area contributed by atoms with E-state index in [-0.39, 0.29) is 5.75 Å². The minimum Gasteiger partial charge on any atom is -0.507 e. The lowest BCUT2D eigenvalue weighted by atomic mass is 10.2. The fraction of sp³-hybridized carbons (Fsp3) is 0.200. The summed E-state index contributed by atoms with van der Waals surface area (Å²) in [6.07, 6.45) is 3.69. The minimum absolute atomic E-state index is 0.220. The van der Waals surface area contributed by atoms with Gasteiger partial charge in [0.15, 0.2) is 0 Å². The van der Waals surface area contributed by atoms with E-state index in [2.05, 4.69) is 12.6 Å². The van der Waals surface area contributed by atoms with Gasteiger partial charge in [0, 0.05) is 17.4 Å². The molecule has 0 radical (unpaired) electrons. The normalized spacial score (nSPS) is 10.6. The van der Waals surface area contributed by atoms with Gasteiger partial charge < -0.3 is 9.84 Å². The molecule has 0 spiro atoms. The van der Waals surface area contributed by atoms with Gasteiger partial charge in [-0.3, -0.25) is 0 Å². The maximum Gasteiger partial charge on any atom is 0.126 e. The molecular formula is C10H12O2S. The monoisotopic (exact) mass is 196 g/mol. The van der Waals surface area contributed by atoms with Crippen LogP contribution < -0.4 is 4.74 Å². The summed E-state index contributed by atoms with van der Waals surface area (Å²) < 4.78 is 4.96. The highest BCUT2D eigenvalue weighted by Crippen LogP contribution is 2.24. The van der Waals surface area contributed by atoms with Crippen molar-refractivity contribution in [3.63, 3.8) is 0 Å². The summed E-state index contributed by atoms with van der Waals surface area (Å²) in [6, 6.07) is 5.18. The third-order valence-electron chi connectivity index (χ3n) is 1.64. The average Bonchev–Trinajstić information content (AvgIpc) is 2.16. The molecule has 70 valence electrons. The van der Waals surface area contributed by atoms with Crippen molar-refractivity contribution in [2.45, 2.75) is 0 Å². The zero-order valence-electron chi connectivity index (χ0n) is 7.40. The standard InChI is InChI=1S/C10H12O2S/c1-12-9-5-4-8(3-2-6-13)10(11)7-9/h2-5,7,11,13H,6H2,1H3. The van der Waals surface area contributed by atoms with Gasteiger partial charge in [0.1, 0.15) is 11.5 Å². The Morgan fingerprint density at radius 2 is 2.31 bits per heavy atom. The lowest BCUT2D eigenvalue weighted by molar-refractivity contribution is 0.407. The van der Waals surface area contributed by atoms with Gasteiger partial charge in [0.05, 0.1) is 7.11 Å². The molecule has 0 aliphatic carbocycles. The zero-order valence-corrected chi connectivity index (χ0v) is 8.29. The van der Waals surface area contributed by atoms with E-state index in [1.165, 1.54) is 0 Å². The second-order valence-corrected chi connectivity index (χ2v) is 2.87. The Labute approximate surface area is 83.3 Å². The van der Waals surface area contributed by atoms with Crippen LogP contribution in [0, 0.1) is 0 Å². The van der Waals surface area contributed by atoms with Crippen LogP contribution in [-0.4, -0.2) is 18.0 Å². The molecule has 1 N–H and O–H groups in total. The second kappa shape index (κ2) is 4.82. The van der Waals surface area contributed by atoms with Crippen molar-refractivity contribution in [1.29, 1.82) is 0 Å². The number of aromatic hydroxyl groups is 1. The van der Waals surface area contributed by atoms with Crippen LogP contribution in [-0.2, 0) is 0 Å². The van der Waals surface area contributed by atoms with Gasteiger partial charge in [0.2, 0.25) is 0 Å². The summed E-state index contributed by atoms with van der Waals surface area (Å²) in [5.74, 6) is 1.53. The van der Waals surface area contributed by atoms with E-state index in [9.17, 15) is 5.11 Å². The maximum absolute atomic E-state index is 9.49. The predicted molar refractivity (Wildman–Crippen MR) is 57.5 cm³/mol. The van der Waals surface area contributed by atoms with Gasteiger partial charge in [-0.15, -0.1) is 0 Å². The quantitative estimate of drug-likeness (QED) is 0.727. The summed E-state index contributed by atoms with van der Waals surface area (Å²) in [6.45, 7) is 0. The molecular weight excluding hydrogens is 184 g/mol. The molecule has 0 saturated carbocycles. The summed E-state index contributed by atoms with van der Waals surface area (Å²) >= 11 is 4.03. The van der Waals surface area contributed by atoms with E-state index in [0.29, 0.717) is 11.5 Å². The molecule has 0 aliphatic rings. The summed E-state index contributed by atoms with van der Waals surface area (Å²) in [5.41, 5.74) is 0.773. The Hall–Kier alpha value is -1.09. The first-order valence-electron chi connectivity index (χ1n) is 3.92. The van der Waals surface area contributed by atoms with Crippen molar-refractivity contribution >= 4 is 18.7 Å². The third kappa shape index (κ3) is 2.70. The molecule has 1 rings (SSSR count). The maximum atomic E-state index is 9.49. The van der Waals surface area contributed by atoms with Crippen LogP contribution in [0.3, 0.4) is 0 Å². The van der Waals surface area contributed by atoms with E-state index in [0.717, 1.165) is 5.56 Å². The van der Waals surface area contributed by atoms with E-state index < -0.39 is 0 Å². The number of phenolic OH excluding ortho intramolecular Hbond substituents is 1. The van der Waals surface area contributed by atoms with Gasteiger partial charge in [-0.05, 0) is 12.1 Å². The summed E-state index contributed by atoms with van der Waals surface area (Å²) in [4.78, 5) is 0. The SMILES string of the molecule is COc1ccc(C=CCS)c(O)c1. The molecule has 2 nitrogen and oxygen atoms in total. The van der Waals surface area contributed by atoms with Crippen LogP contribution in [0.1, 0.15) is 5.56 Å². The van der Waals surface area contributed by atoms with Crippen LogP contribution in [0.25, 0.3) is 6.08 Å². The van der Waals surface area contributed by atoms with Crippen molar-refractivity contribution < 1.29 is 9.84 Å². The van der Waals surface area contributed by atoms with Crippen LogP contribution in [0.15, 0.2) is 24.3 Å². The Morgan fingerprint density at radius 1 is 1.54 bits per heavy atom. The Kier molecular flexibility index (Phi) is 3.71. The molecule has 1 aromatic rings. The molecule has 0 aliphatic heterocycles. The van der Waals surface area contributed by atoms with Gasteiger partial charge >= 0.3 is 0 Å². The van der Waals surface area contributed by atoms with Crippen molar-refractivity contribution in [3.05, 3.63) is 29.8 Å². The fourth-order valence-corrected chi connectivity index (χ4v) is 1.08. The predicted octanol–water partition coefficient (Wildman–Crippen LogP) is 2.34. The Balaban J connectivity index is 2.91. The largest absolute Gasteiger partial charge is 0.507 e. The van der Waals surface area contributed by atoms with Gasteiger partial charge in [-0.1, -0.05) is 12.2 Å². The third-order valence-corrected chi connectivity index (χ3v) is 1.85. The number of rotatable bonds is 3. The summed E-state index contributed by atoms with van der Waals surface area (Å²) in [7, 11) is 1.57. The van der Waals surface area contributed by atoms with Gasteiger partial charge in [-0.2, -0.15) is 12.6 Å². The molecule has 1 aromatic carbocycles. The number of methoxy groups -OCH3 is 1. The average molecular weight is 196 g/mol. The smallest absolute Gasteiger partial charge is 0.126 e. The molecule has 0 saturated heterocycles. The molecule has 0 fully saturated rings. The lowest BCUT2D eigenvalue weighted by Crippen LogP contribution is -1.82. The topological polar surface area (TPSA) is 29.5 Å². The van der Waals surface area contributed by atoms with Crippen molar-refractivity contribution in [3.8, 4) is 11.5 Å². The van der Waals surface area contributed by atoms with Crippen molar-refractivity contribution in [2.75, 3.05) is 12.9 Å². The number of phenols is 1. The molecule has 13 heavy (non-hydrogen) atoms. The summed E-state index contributed by atoms with van der Waals surface area (Å²) in [5, 5.41) is 9.49. The van der Waals surface area contributed by atoms with Crippen LogP contribution in [0.5, 0.6) is 11.5 Å². The highest BCUT2D eigenvalue weighted by atomic mass is 32.1. The van der Waals surface area contributed by atoms with Crippen molar-refractivity contribution in [2.24, 2.45) is 0 Å². The molecule has 3 heteroatoms. The highest BCUT2D eigenvalue weighted by Gasteiger charge is 1.98. The van der Waals surface area contributed by atoms with Gasteiger partial charge in [-0.25, -0.2) is 0 Å². The first-order valence-corrected chi connectivity index (χ1v) is 4.55. The number of thiol groups is 1.